The van der Waals surface area contributed by atoms with E-state index in [1.165, 1.54) is 6.92 Å². The third-order valence-corrected chi connectivity index (χ3v) is 2.52. The molecular weight excluding hydrogens is 214 g/mol. The Morgan fingerprint density at radius 3 is 2.47 bits per heavy atom. The van der Waals surface area contributed by atoms with Gasteiger partial charge in [0.15, 0.2) is 0 Å². The standard InChI is InChI=1S/C14H19NO2/c1-9(2)8-17-14-7-6-13(15-12(5)16)10(3)11(14)4/h6-7H,1,8H2,2-5H3,(H,15,16). The molecule has 0 spiro atoms. The van der Waals surface area contributed by atoms with Crippen molar-refractivity contribution in [2.75, 3.05) is 11.9 Å². The van der Waals surface area contributed by atoms with Gasteiger partial charge >= 0.3 is 0 Å². The zero-order valence-electron chi connectivity index (χ0n) is 10.9. The molecule has 0 aromatic heterocycles. The number of carbonyl (C=O) groups is 1. The molecule has 1 aromatic rings. The van der Waals surface area contributed by atoms with Crippen molar-refractivity contribution in [2.45, 2.75) is 27.7 Å². The first-order chi connectivity index (χ1) is 7.91. The van der Waals surface area contributed by atoms with Gasteiger partial charge in [-0.25, -0.2) is 0 Å². The summed E-state index contributed by atoms with van der Waals surface area (Å²) in [6.45, 7) is 11.7. The molecule has 0 bridgehead atoms. The monoisotopic (exact) mass is 233 g/mol. The van der Waals surface area contributed by atoms with Crippen molar-refractivity contribution in [3.63, 3.8) is 0 Å². The topological polar surface area (TPSA) is 38.3 Å². The molecule has 0 saturated heterocycles. The maximum Gasteiger partial charge on any atom is 0.221 e. The highest BCUT2D eigenvalue weighted by atomic mass is 16.5. The summed E-state index contributed by atoms with van der Waals surface area (Å²) in [5.74, 6) is 0.766. The summed E-state index contributed by atoms with van der Waals surface area (Å²) in [6, 6.07) is 3.73. The van der Waals surface area contributed by atoms with Gasteiger partial charge in [0, 0.05) is 12.6 Å². The Labute approximate surface area is 102 Å². The number of ether oxygens (including phenoxy) is 1. The predicted octanol–water partition coefficient (Wildman–Crippen LogP) is 3.22. The van der Waals surface area contributed by atoms with E-state index in [0.717, 1.165) is 28.1 Å². The number of anilines is 1. The maximum atomic E-state index is 11.0. The summed E-state index contributed by atoms with van der Waals surface area (Å²) in [4.78, 5) is 11.0. The molecule has 0 atom stereocenters. The van der Waals surface area contributed by atoms with Crippen molar-refractivity contribution >= 4 is 11.6 Å². The zero-order chi connectivity index (χ0) is 13.0. The average molecular weight is 233 g/mol. The van der Waals surface area contributed by atoms with E-state index in [1.807, 2.05) is 32.9 Å². The number of carbonyl (C=O) groups excluding carboxylic acids is 1. The second-order valence-corrected chi connectivity index (χ2v) is 4.29. The van der Waals surface area contributed by atoms with Crippen LogP contribution in [0.15, 0.2) is 24.3 Å². The van der Waals surface area contributed by atoms with Crippen LogP contribution in [0.3, 0.4) is 0 Å². The summed E-state index contributed by atoms with van der Waals surface area (Å²) < 4.78 is 5.63. The van der Waals surface area contributed by atoms with Crippen LogP contribution in [-0.4, -0.2) is 12.5 Å². The van der Waals surface area contributed by atoms with Crippen LogP contribution in [0.5, 0.6) is 5.75 Å². The average Bonchev–Trinajstić information content (AvgIpc) is 2.23. The number of benzene rings is 1. The number of hydrogen-bond donors (Lipinski definition) is 1. The predicted molar refractivity (Wildman–Crippen MR) is 70.5 cm³/mol. The molecule has 0 unspecified atom stereocenters. The van der Waals surface area contributed by atoms with Gasteiger partial charge in [0.2, 0.25) is 5.91 Å². The Morgan fingerprint density at radius 2 is 1.94 bits per heavy atom. The molecule has 1 aromatic carbocycles. The molecule has 1 amide bonds. The van der Waals surface area contributed by atoms with Crippen molar-refractivity contribution in [1.82, 2.24) is 0 Å². The van der Waals surface area contributed by atoms with Gasteiger partial charge in [-0.05, 0) is 49.6 Å². The van der Waals surface area contributed by atoms with Crippen LogP contribution >= 0.6 is 0 Å². The molecule has 3 heteroatoms. The van der Waals surface area contributed by atoms with Gasteiger partial charge in [0.25, 0.3) is 0 Å². The summed E-state index contributed by atoms with van der Waals surface area (Å²) in [7, 11) is 0. The highest BCUT2D eigenvalue weighted by Gasteiger charge is 2.08. The summed E-state index contributed by atoms with van der Waals surface area (Å²) in [5, 5.41) is 2.79. The molecule has 0 radical (unpaired) electrons. The first-order valence-corrected chi connectivity index (χ1v) is 5.56. The van der Waals surface area contributed by atoms with Crippen LogP contribution < -0.4 is 10.1 Å². The first kappa shape index (κ1) is 13.3. The summed E-state index contributed by atoms with van der Waals surface area (Å²) in [5.41, 5.74) is 3.88. The molecule has 3 nitrogen and oxygen atoms in total. The van der Waals surface area contributed by atoms with E-state index < -0.39 is 0 Å². The van der Waals surface area contributed by atoms with Crippen molar-refractivity contribution in [2.24, 2.45) is 0 Å². The van der Waals surface area contributed by atoms with Crippen molar-refractivity contribution < 1.29 is 9.53 Å². The Hall–Kier alpha value is -1.77. The van der Waals surface area contributed by atoms with Gasteiger partial charge in [-0.3, -0.25) is 4.79 Å². The lowest BCUT2D eigenvalue weighted by atomic mass is 10.1. The second kappa shape index (κ2) is 5.53. The molecule has 0 aliphatic carbocycles. The largest absolute Gasteiger partial charge is 0.489 e. The fourth-order valence-corrected chi connectivity index (χ4v) is 1.48. The Balaban J connectivity index is 2.93. The van der Waals surface area contributed by atoms with E-state index >= 15 is 0 Å². The van der Waals surface area contributed by atoms with Gasteiger partial charge < -0.3 is 10.1 Å². The van der Waals surface area contributed by atoms with Crippen LogP contribution in [-0.2, 0) is 4.79 Å². The molecule has 0 aliphatic heterocycles. The Bertz CT molecular complexity index is 450. The molecule has 1 N–H and O–H groups in total. The second-order valence-electron chi connectivity index (χ2n) is 4.29. The van der Waals surface area contributed by atoms with E-state index in [-0.39, 0.29) is 5.91 Å². The summed E-state index contributed by atoms with van der Waals surface area (Å²) in [6.07, 6.45) is 0. The molecule has 1 rings (SSSR count). The fraction of sp³-hybridized carbons (Fsp3) is 0.357. The fourth-order valence-electron chi connectivity index (χ4n) is 1.48. The Morgan fingerprint density at radius 1 is 1.29 bits per heavy atom. The van der Waals surface area contributed by atoms with Crippen LogP contribution in [0, 0.1) is 13.8 Å². The number of hydrogen-bond acceptors (Lipinski definition) is 2. The van der Waals surface area contributed by atoms with Crippen LogP contribution in [0.25, 0.3) is 0 Å². The van der Waals surface area contributed by atoms with Crippen molar-refractivity contribution in [3.8, 4) is 5.75 Å². The number of amides is 1. The molecule has 0 saturated carbocycles. The van der Waals surface area contributed by atoms with Gasteiger partial charge in [0.1, 0.15) is 12.4 Å². The van der Waals surface area contributed by atoms with Gasteiger partial charge in [-0.15, -0.1) is 0 Å². The zero-order valence-corrected chi connectivity index (χ0v) is 10.9. The summed E-state index contributed by atoms with van der Waals surface area (Å²) >= 11 is 0. The smallest absolute Gasteiger partial charge is 0.221 e. The third kappa shape index (κ3) is 3.63. The lowest BCUT2D eigenvalue weighted by molar-refractivity contribution is -0.114. The van der Waals surface area contributed by atoms with Crippen molar-refractivity contribution in [3.05, 3.63) is 35.4 Å². The quantitative estimate of drug-likeness (QED) is 0.811. The van der Waals surface area contributed by atoms with E-state index in [4.69, 9.17) is 4.74 Å². The Kier molecular flexibility index (Phi) is 4.32. The molecule has 0 aliphatic rings. The van der Waals surface area contributed by atoms with E-state index in [0.29, 0.717) is 6.61 Å². The minimum Gasteiger partial charge on any atom is -0.489 e. The highest BCUT2D eigenvalue weighted by Crippen LogP contribution is 2.27. The van der Waals surface area contributed by atoms with Crippen LogP contribution in [0.1, 0.15) is 25.0 Å². The SMILES string of the molecule is C=C(C)COc1ccc(NC(C)=O)c(C)c1C. The van der Waals surface area contributed by atoms with Gasteiger partial charge in [-0.1, -0.05) is 6.58 Å². The van der Waals surface area contributed by atoms with Gasteiger partial charge in [-0.2, -0.15) is 0 Å². The van der Waals surface area contributed by atoms with Gasteiger partial charge in [0.05, 0.1) is 0 Å². The van der Waals surface area contributed by atoms with Crippen molar-refractivity contribution in [1.29, 1.82) is 0 Å². The van der Waals surface area contributed by atoms with E-state index in [2.05, 4.69) is 11.9 Å². The lowest BCUT2D eigenvalue weighted by Crippen LogP contribution is -2.08. The van der Waals surface area contributed by atoms with E-state index in [9.17, 15) is 4.79 Å². The van der Waals surface area contributed by atoms with E-state index in [1.54, 1.807) is 0 Å². The molecule has 92 valence electrons. The lowest BCUT2D eigenvalue weighted by Gasteiger charge is -2.14. The molecule has 0 fully saturated rings. The minimum absolute atomic E-state index is 0.0666. The van der Waals surface area contributed by atoms with Crippen LogP contribution in [0.2, 0.25) is 0 Å². The number of rotatable bonds is 4. The highest BCUT2D eigenvalue weighted by molar-refractivity contribution is 5.89. The normalized spacial score (nSPS) is 9.88. The molecule has 0 heterocycles. The minimum atomic E-state index is -0.0666. The van der Waals surface area contributed by atoms with Crippen LogP contribution in [0.4, 0.5) is 5.69 Å². The first-order valence-electron chi connectivity index (χ1n) is 5.56. The number of nitrogens with one attached hydrogen (secondary N) is 1. The molecule has 17 heavy (non-hydrogen) atoms. The third-order valence-electron chi connectivity index (χ3n) is 2.52. The maximum absolute atomic E-state index is 11.0. The molecular formula is C14H19NO2.